The second-order valence-electron chi connectivity index (χ2n) is 5.96. The highest BCUT2D eigenvalue weighted by Gasteiger charge is 2.29. The van der Waals surface area contributed by atoms with E-state index in [0.29, 0.717) is 5.75 Å². The molecule has 0 radical (unpaired) electrons. The van der Waals surface area contributed by atoms with Crippen molar-refractivity contribution in [1.82, 2.24) is 5.32 Å². The van der Waals surface area contributed by atoms with Crippen molar-refractivity contribution in [1.29, 1.82) is 0 Å². The number of thioether (sulfide) groups is 1. The molecule has 1 amide bonds. The topological polar surface area (TPSA) is 75.6 Å². The highest BCUT2D eigenvalue weighted by molar-refractivity contribution is 7.99. The van der Waals surface area contributed by atoms with Crippen molar-refractivity contribution in [2.75, 3.05) is 0 Å². The van der Waals surface area contributed by atoms with Crippen LogP contribution >= 0.6 is 11.8 Å². The molecule has 0 aliphatic carbocycles. The molecule has 0 aliphatic heterocycles. The van der Waals surface area contributed by atoms with E-state index >= 15 is 0 Å². The monoisotopic (exact) mass is 325 g/mol. The van der Waals surface area contributed by atoms with Gasteiger partial charge in [0.25, 0.3) is 0 Å². The summed E-state index contributed by atoms with van der Waals surface area (Å²) in [5, 5.41) is 11.4. The van der Waals surface area contributed by atoms with Crippen LogP contribution in [0, 0.1) is 0 Å². The van der Waals surface area contributed by atoms with E-state index in [0.717, 1.165) is 5.56 Å². The van der Waals surface area contributed by atoms with Gasteiger partial charge in [-0.05, 0) is 26.3 Å². The fourth-order valence-electron chi connectivity index (χ4n) is 1.71. The minimum absolute atomic E-state index is 0.287. The number of benzene rings is 1. The molecule has 0 bridgehead atoms. The van der Waals surface area contributed by atoms with Gasteiger partial charge in [-0.2, -0.15) is 11.8 Å². The maximum absolute atomic E-state index is 11.7. The van der Waals surface area contributed by atoms with Crippen LogP contribution in [-0.2, 0) is 15.3 Å². The van der Waals surface area contributed by atoms with E-state index in [1.54, 1.807) is 27.7 Å². The molecule has 2 atom stereocenters. The maximum Gasteiger partial charge on any atom is 0.408 e. The second kappa shape index (κ2) is 8.08. The molecular formula is C16H23NO4S. The summed E-state index contributed by atoms with van der Waals surface area (Å²) in [5.74, 6) is -0.388. The first-order valence-electron chi connectivity index (χ1n) is 7.07. The van der Waals surface area contributed by atoms with E-state index in [-0.39, 0.29) is 5.25 Å². The zero-order valence-corrected chi connectivity index (χ0v) is 14.1. The number of carbonyl (C=O) groups excluding carboxylic acids is 1. The lowest BCUT2D eigenvalue weighted by Gasteiger charge is -2.24. The normalized spacial score (nSPS) is 14.0. The Balaban J connectivity index is 2.58. The Labute approximate surface area is 135 Å². The third-order valence-corrected chi connectivity index (χ3v) is 4.06. The van der Waals surface area contributed by atoms with E-state index < -0.39 is 23.7 Å². The predicted molar refractivity (Wildman–Crippen MR) is 88.0 cm³/mol. The van der Waals surface area contributed by atoms with Crippen LogP contribution in [0.4, 0.5) is 4.79 Å². The highest BCUT2D eigenvalue weighted by atomic mass is 32.2. The first-order chi connectivity index (χ1) is 10.2. The molecule has 5 nitrogen and oxygen atoms in total. The number of nitrogens with one attached hydrogen (secondary N) is 1. The SMILES string of the molecule is C[C@H](SCc1ccccc1)[C@@H](NC(=O)OC(C)(C)C)C(=O)O. The van der Waals surface area contributed by atoms with Crippen LogP contribution in [0.15, 0.2) is 30.3 Å². The Bertz CT molecular complexity index is 499. The van der Waals surface area contributed by atoms with Crippen LogP contribution in [-0.4, -0.2) is 34.1 Å². The number of carbonyl (C=O) groups is 2. The Morgan fingerprint density at radius 3 is 2.36 bits per heavy atom. The summed E-state index contributed by atoms with van der Waals surface area (Å²) in [4.78, 5) is 23.1. The van der Waals surface area contributed by atoms with Gasteiger partial charge in [0.2, 0.25) is 0 Å². The number of amides is 1. The van der Waals surface area contributed by atoms with Crippen molar-refractivity contribution in [3.8, 4) is 0 Å². The Kier molecular flexibility index (Phi) is 6.74. The van der Waals surface area contributed by atoms with Crippen molar-refractivity contribution in [2.45, 2.75) is 50.3 Å². The molecule has 22 heavy (non-hydrogen) atoms. The average Bonchev–Trinajstić information content (AvgIpc) is 2.41. The zero-order chi connectivity index (χ0) is 16.8. The van der Waals surface area contributed by atoms with Gasteiger partial charge in [-0.1, -0.05) is 37.3 Å². The molecule has 1 rings (SSSR count). The second-order valence-corrected chi connectivity index (χ2v) is 7.33. The molecule has 0 aliphatic rings. The highest BCUT2D eigenvalue weighted by Crippen LogP contribution is 2.20. The van der Waals surface area contributed by atoms with Crippen LogP contribution in [0.3, 0.4) is 0 Å². The first-order valence-corrected chi connectivity index (χ1v) is 8.12. The summed E-state index contributed by atoms with van der Waals surface area (Å²) in [7, 11) is 0. The molecule has 0 heterocycles. The molecule has 6 heteroatoms. The van der Waals surface area contributed by atoms with Crippen LogP contribution in [0.2, 0.25) is 0 Å². The maximum atomic E-state index is 11.7. The summed E-state index contributed by atoms with van der Waals surface area (Å²) in [5.41, 5.74) is 0.453. The molecular weight excluding hydrogens is 302 g/mol. The molecule has 1 aromatic carbocycles. The molecule has 1 aromatic rings. The molecule has 0 fully saturated rings. The van der Waals surface area contributed by atoms with E-state index in [9.17, 15) is 14.7 Å². The zero-order valence-electron chi connectivity index (χ0n) is 13.3. The summed E-state index contributed by atoms with van der Waals surface area (Å²) >= 11 is 1.47. The van der Waals surface area contributed by atoms with Gasteiger partial charge in [0, 0.05) is 11.0 Å². The number of aliphatic carboxylic acids is 1. The van der Waals surface area contributed by atoms with Gasteiger partial charge >= 0.3 is 12.1 Å². The third-order valence-electron chi connectivity index (χ3n) is 2.76. The van der Waals surface area contributed by atoms with Crippen LogP contribution in [0.1, 0.15) is 33.3 Å². The molecule has 2 N–H and O–H groups in total. The summed E-state index contributed by atoms with van der Waals surface area (Å²) < 4.78 is 5.11. The largest absolute Gasteiger partial charge is 0.480 e. The number of carboxylic acid groups (broad SMARTS) is 1. The number of rotatable bonds is 6. The van der Waals surface area contributed by atoms with Gasteiger partial charge in [0.05, 0.1) is 0 Å². The van der Waals surface area contributed by atoms with Crippen molar-refractivity contribution >= 4 is 23.8 Å². The van der Waals surface area contributed by atoms with E-state index in [1.165, 1.54) is 11.8 Å². The Morgan fingerprint density at radius 1 is 1.27 bits per heavy atom. The number of carboxylic acids is 1. The van der Waals surface area contributed by atoms with Crippen molar-refractivity contribution in [3.05, 3.63) is 35.9 Å². The third kappa shape index (κ3) is 6.85. The number of alkyl carbamates (subject to hydrolysis) is 1. The minimum Gasteiger partial charge on any atom is -0.480 e. The molecule has 0 saturated heterocycles. The molecule has 0 aromatic heterocycles. The van der Waals surface area contributed by atoms with Gasteiger partial charge in [-0.25, -0.2) is 9.59 Å². The van der Waals surface area contributed by atoms with E-state index in [1.807, 2.05) is 30.3 Å². The fourth-order valence-corrected chi connectivity index (χ4v) is 2.74. The van der Waals surface area contributed by atoms with Crippen LogP contribution in [0.25, 0.3) is 0 Å². The van der Waals surface area contributed by atoms with E-state index in [2.05, 4.69) is 5.32 Å². The lowest BCUT2D eigenvalue weighted by molar-refractivity contribution is -0.139. The Hall–Kier alpha value is -1.69. The van der Waals surface area contributed by atoms with Crippen LogP contribution < -0.4 is 5.32 Å². The van der Waals surface area contributed by atoms with Gasteiger partial charge in [-0.15, -0.1) is 0 Å². The smallest absolute Gasteiger partial charge is 0.408 e. The fraction of sp³-hybridized carbons (Fsp3) is 0.500. The van der Waals surface area contributed by atoms with E-state index in [4.69, 9.17) is 4.74 Å². The predicted octanol–water partition coefficient (Wildman–Crippen LogP) is 3.29. The summed E-state index contributed by atoms with van der Waals surface area (Å²) in [6.07, 6.45) is -0.716. The van der Waals surface area contributed by atoms with Crippen molar-refractivity contribution < 1.29 is 19.4 Å². The summed E-state index contributed by atoms with van der Waals surface area (Å²) in [6.45, 7) is 6.98. The Morgan fingerprint density at radius 2 is 1.86 bits per heavy atom. The van der Waals surface area contributed by atoms with Gasteiger partial charge in [0.1, 0.15) is 11.6 Å². The van der Waals surface area contributed by atoms with Crippen molar-refractivity contribution in [3.63, 3.8) is 0 Å². The molecule has 122 valence electrons. The molecule has 0 saturated carbocycles. The molecule has 0 spiro atoms. The quantitative estimate of drug-likeness (QED) is 0.839. The first kappa shape index (κ1) is 18.4. The summed E-state index contributed by atoms with van der Waals surface area (Å²) in [6, 6.07) is 8.78. The number of hydrogen-bond donors (Lipinski definition) is 2. The van der Waals surface area contributed by atoms with Gasteiger partial charge in [0.15, 0.2) is 0 Å². The number of hydrogen-bond acceptors (Lipinski definition) is 4. The van der Waals surface area contributed by atoms with Gasteiger partial charge < -0.3 is 15.2 Å². The number of ether oxygens (including phenoxy) is 1. The van der Waals surface area contributed by atoms with Crippen LogP contribution in [0.5, 0.6) is 0 Å². The molecule has 0 unspecified atom stereocenters. The lowest BCUT2D eigenvalue weighted by Crippen LogP contribution is -2.48. The van der Waals surface area contributed by atoms with Crippen molar-refractivity contribution in [2.24, 2.45) is 0 Å². The average molecular weight is 325 g/mol. The minimum atomic E-state index is -1.07. The van der Waals surface area contributed by atoms with Gasteiger partial charge in [-0.3, -0.25) is 0 Å². The standard InChI is InChI=1S/C16H23NO4S/c1-11(22-10-12-8-6-5-7-9-12)13(14(18)19)17-15(20)21-16(2,3)4/h5-9,11,13H,10H2,1-4H3,(H,17,20)(H,18,19)/t11-,13+/m0/s1. The lowest BCUT2D eigenvalue weighted by atomic mass is 10.2.